The number of methoxy groups -OCH3 is 1. The summed E-state index contributed by atoms with van der Waals surface area (Å²) in [6.45, 7) is 5.85. The van der Waals surface area contributed by atoms with Gasteiger partial charge in [-0.15, -0.1) is 0 Å². The van der Waals surface area contributed by atoms with Gasteiger partial charge >= 0.3 is 0 Å². The molecule has 3 heteroatoms. The predicted molar refractivity (Wildman–Crippen MR) is 95.4 cm³/mol. The Labute approximate surface area is 140 Å². The number of rotatable bonds is 5. The minimum Gasteiger partial charge on any atom is -0.372 e. The minimum atomic E-state index is -0.396. The number of para-hydroxylation sites is 1. The summed E-state index contributed by atoms with van der Waals surface area (Å²) < 4.78 is 5.94. The molecule has 0 radical (unpaired) electrons. The fraction of sp³-hybridized carbons (Fsp3) is 0.550. The summed E-state index contributed by atoms with van der Waals surface area (Å²) in [4.78, 5) is 12.6. The Bertz CT molecular complexity index is 549. The quantitative estimate of drug-likeness (QED) is 0.782. The third kappa shape index (κ3) is 4.44. The van der Waals surface area contributed by atoms with Gasteiger partial charge in [0.2, 0.25) is 0 Å². The lowest BCUT2D eigenvalue weighted by molar-refractivity contribution is -0.121. The average molecular weight is 315 g/mol. The van der Waals surface area contributed by atoms with Gasteiger partial charge in [0.05, 0.1) is 5.70 Å². The van der Waals surface area contributed by atoms with E-state index in [1.807, 2.05) is 51.1 Å². The molecule has 1 fully saturated rings. The van der Waals surface area contributed by atoms with Crippen LogP contribution in [-0.4, -0.2) is 18.5 Å². The fourth-order valence-electron chi connectivity index (χ4n) is 3.01. The van der Waals surface area contributed by atoms with Crippen molar-refractivity contribution in [2.45, 2.75) is 58.5 Å². The van der Waals surface area contributed by atoms with Crippen LogP contribution in [0.5, 0.6) is 0 Å². The molecule has 1 aromatic carbocycles. The monoisotopic (exact) mass is 315 g/mol. The molecule has 0 atom stereocenters. The van der Waals surface area contributed by atoms with Crippen molar-refractivity contribution >= 4 is 11.5 Å². The van der Waals surface area contributed by atoms with E-state index in [-0.39, 0.29) is 11.4 Å². The molecule has 0 heterocycles. The van der Waals surface area contributed by atoms with E-state index in [4.69, 9.17) is 4.74 Å². The summed E-state index contributed by atoms with van der Waals surface area (Å²) in [5, 5.41) is 3.46. The molecule has 0 unspecified atom stereocenters. The van der Waals surface area contributed by atoms with Crippen molar-refractivity contribution in [1.82, 2.24) is 0 Å². The molecule has 1 aromatic rings. The van der Waals surface area contributed by atoms with Gasteiger partial charge in [-0.1, -0.05) is 58.2 Å². The molecular weight excluding hydrogens is 286 g/mol. The van der Waals surface area contributed by atoms with Crippen LogP contribution in [0.3, 0.4) is 0 Å². The molecule has 0 spiro atoms. The van der Waals surface area contributed by atoms with E-state index >= 15 is 0 Å². The molecule has 0 bridgehead atoms. The molecule has 3 nitrogen and oxygen atoms in total. The number of carbonyl (C=O) groups is 1. The van der Waals surface area contributed by atoms with Gasteiger partial charge < -0.3 is 10.1 Å². The third-order valence-corrected chi connectivity index (χ3v) is 4.61. The summed E-state index contributed by atoms with van der Waals surface area (Å²) in [6, 6.07) is 10.0. The highest BCUT2D eigenvalue weighted by Gasteiger charge is 2.37. The number of allylic oxidation sites excluding steroid dienone is 1. The maximum atomic E-state index is 12.6. The number of ether oxygens (including phenoxy) is 1. The molecule has 1 N–H and O–H groups in total. The van der Waals surface area contributed by atoms with Crippen LogP contribution in [0.4, 0.5) is 5.69 Å². The lowest BCUT2D eigenvalue weighted by Crippen LogP contribution is -2.40. The zero-order valence-electron chi connectivity index (χ0n) is 14.8. The number of benzene rings is 1. The van der Waals surface area contributed by atoms with Crippen LogP contribution in [-0.2, 0) is 9.53 Å². The van der Waals surface area contributed by atoms with Gasteiger partial charge in [-0.05, 0) is 25.0 Å². The summed E-state index contributed by atoms with van der Waals surface area (Å²) in [6.07, 6.45) is 7.16. The Kier molecular flexibility index (Phi) is 5.64. The van der Waals surface area contributed by atoms with E-state index in [1.54, 1.807) is 13.2 Å². The number of anilines is 1. The van der Waals surface area contributed by atoms with Crippen LogP contribution in [0, 0.1) is 5.41 Å². The van der Waals surface area contributed by atoms with Crippen molar-refractivity contribution < 1.29 is 9.53 Å². The second kappa shape index (κ2) is 7.31. The fourth-order valence-corrected chi connectivity index (χ4v) is 3.01. The van der Waals surface area contributed by atoms with Crippen molar-refractivity contribution in [1.29, 1.82) is 0 Å². The summed E-state index contributed by atoms with van der Waals surface area (Å²) in [5.41, 5.74) is 1.11. The van der Waals surface area contributed by atoms with Crippen molar-refractivity contribution in [2.24, 2.45) is 5.41 Å². The van der Waals surface area contributed by atoms with Crippen molar-refractivity contribution in [3.63, 3.8) is 0 Å². The molecule has 126 valence electrons. The van der Waals surface area contributed by atoms with Crippen LogP contribution in [0.15, 0.2) is 42.1 Å². The Morgan fingerprint density at radius 2 is 1.74 bits per heavy atom. The van der Waals surface area contributed by atoms with E-state index < -0.39 is 5.41 Å². The van der Waals surface area contributed by atoms with E-state index in [2.05, 4.69) is 5.32 Å². The highest BCUT2D eigenvalue weighted by Crippen LogP contribution is 2.38. The first-order chi connectivity index (χ1) is 10.9. The maximum absolute atomic E-state index is 12.6. The number of ketones is 1. The molecule has 1 aliphatic rings. The Balaban J connectivity index is 2.38. The van der Waals surface area contributed by atoms with Crippen molar-refractivity contribution in [2.75, 3.05) is 12.4 Å². The van der Waals surface area contributed by atoms with Crippen LogP contribution in [0.2, 0.25) is 0 Å². The van der Waals surface area contributed by atoms with Crippen LogP contribution < -0.4 is 5.32 Å². The predicted octanol–water partition coefficient (Wildman–Crippen LogP) is 4.95. The van der Waals surface area contributed by atoms with Gasteiger partial charge in [0, 0.05) is 24.3 Å². The van der Waals surface area contributed by atoms with Gasteiger partial charge in [0.15, 0.2) is 5.78 Å². The third-order valence-electron chi connectivity index (χ3n) is 4.61. The highest BCUT2D eigenvalue weighted by molar-refractivity contribution is 5.95. The summed E-state index contributed by atoms with van der Waals surface area (Å²) in [5.74, 6) is 0.123. The summed E-state index contributed by atoms with van der Waals surface area (Å²) >= 11 is 0. The normalized spacial score (nSPS) is 18.5. The molecule has 1 aliphatic carbocycles. The van der Waals surface area contributed by atoms with Gasteiger partial charge in [-0.2, -0.15) is 0 Å². The number of nitrogens with one attached hydrogen (secondary N) is 1. The van der Waals surface area contributed by atoms with E-state index in [9.17, 15) is 4.79 Å². The second-order valence-corrected chi connectivity index (χ2v) is 7.42. The molecule has 1 saturated carbocycles. The molecule has 0 saturated heterocycles. The Morgan fingerprint density at radius 3 is 2.26 bits per heavy atom. The molecule has 0 amide bonds. The molecule has 23 heavy (non-hydrogen) atoms. The van der Waals surface area contributed by atoms with Crippen LogP contribution in [0.25, 0.3) is 0 Å². The smallest absolute Gasteiger partial charge is 0.162 e. The van der Waals surface area contributed by atoms with E-state index in [0.29, 0.717) is 0 Å². The van der Waals surface area contributed by atoms with Crippen LogP contribution >= 0.6 is 0 Å². The van der Waals surface area contributed by atoms with Gasteiger partial charge in [0.1, 0.15) is 5.60 Å². The first kappa shape index (κ1) is 17.7. The van der Waals surface area contributed by atoms with E-state index in [1.165, 1.54) is 6.42 Å². The second-order valence-electron chi connectivity index (χ2n) is 7.42. The van der Waals surface area contributed by atoms with Crippen molar-refractivity contribution in [3.05, 3.63) is 42.1 Å². The highest BCUT2D eigenvalue weighted by atomic mass is 16.5. The number of hydrogen-bond acceptors (Lipinski definition) is 3. The largest absolute Gasteiger partial charge is 0.372 e. The molecule has 0 aromatic heterocycles. The number of carbonyl (C=O) groups excluding carboxylic acids is 1. The maximum Gasteiger partial charge on any atom is 0.162 e. The zero-order chi connectivity index (χ0) is 16.9. The first-order valence-corrected chi connectivity index (χ1v) is 8.51. The standard InChI is InChI=1S/C20H29NO2/c1-19(2,3)18(22)15-17(21-16-11-7-5-8-12-16)20(23-4)13-9-6-10-14-20/h5,7-8,11-12,15,21H,6,9-10,13-14H2,1-4H3. The zero-order valence-corrected chi connectivity index (χ0v) is 14.8. The molecule has 0 aliphatic heterocycles. The average Bonchev–Trinajstić information content (AvgIpc) is 2.55. The van der Waals surface area contributed by atoms with Gasteiger partial charge in [-0.3, -0.25) is 4.79 Å². The van der Waals surface area contributed by atoms with Gasteiger partial charge in [-0.25, -0.2) is 0 Å². The van der Waals surface area contributed by atoms with E-state index in [0.717, 1.165) is 37.1 Å². The molecule has 2 rings (SSSR count). The molecular formula is C20H29NO2. The SMILES string of the molecule is COC1(C(=CC(=O)C(C)(C)C)Nc2ccccc2)CCCCC1. The Hall–Kier alpha value is -1.61. The first-order valence-electron chi connectivity index (χ1n) is 8.51. The Morgan fingerprint density at radius 1 is 1.13 bits per heavy atom. The number of hydrogen-bond donors (Lipinski definition) is 1. The minimum absolute atomic E-state index is 0.123. The van der Waals surface area contributed by atoms with Crippen molar-refractivity contribution in [3.8, 4) is 0 Å². The van der Waals surface area contributed by atoms with Gasteiger partial charge in [0.25, 0.3) is 0 Å². The van der Waals surface area contributed by atoms with Crippen LogP contribution in [0.1, 0.15) is 52.9 Å². The topological polar surface area (TPSA) is 38.3 Å². The lowest BCUT2D eigenvalue weighted by Gasteiger charge is -2.38. The lowest BCUT2D eigenvalue weighted by atomic mass is 9.80. The summed E-state index contributed by atoms with van der Waals surface area (Å²) in [7, 11) is 1.76.